The Bertz CT molecular complexity index is 375. The number of amides is 1. The molecule has 0 saturated carbocycles. The van der Waals surface area contributed by atoms with E-state index < -0.39 is 9.84 Å². The fourth-order valence-corrected chi connectivity index (χ4v) is 3.13. The summed E-state index contributed by atoms with van der Waals surface area (Å²) in [4.78, 5) is 11.7. The highest BCUT2D eigenvalue weighted by atomic mass is 32.2. The Balaban J connectivity index is 2.16. The Labute approximate surface area is 116 Å². The highest BCUT2D eigenvalue weighted by molar-refractivity contribution is 7.90. The van der Waals surface area contributed by atoms with Crippen molar-refractivity contribution >= 4 is 15.7 Å². The van der Waals surface area contributed by atoms with Gasteiger partial charge in [-0.15, -0.1) is 0 Å². The average Bonchev–Trinajstić information content (AvgIpc) is 2.34. The molecule has 5 nitrogen and oxygen atoms in total. The molecule has 1 aliphatic heterocycles. The monoisotopic (exact) mass is 290 g/mol. The van der Waals surface area contributed by atoms with Crippen LogP contribution in [0.1, 0.15) is 32.6 Å². The van der Waals surface area contributed by atoms with Crippen LogP contribution in [0.5, 0.6) is 0 Å². The molecule has 6 heteroatoms. The Morgan fingerprint density at radius 3 is 2.79 bits per heavy atom. The maximum atomic E-state index is 11.7. The van der Waals surface area contributed by atoms with E-state index in [2.05, 4.69) is 17.6 Å². The second-order valence-electron chi connectivity index (χ2n) is 5.62. The van der Waals surface area contributed by atoms with Crippen molar-refractivity contribution in [2.45, 2.75) is 32.6 Å². The molecule has 0 aromatic rings. The van der Waals surface area contributed by atoms with Gasteiger partial charge in [0.15, 0.2) is 0 Å². The average molecular weight is 290 g/mol. The molecule has 1 fully saturated rings. The molecule has 1 rings (SSSR count). The van der Waals surface area contributed by atoms with E-state index in [0.717, 1.165) is 13.1 Å². The Kier molecular flexibility index (Phi) is 6.79. The molecule has 1 aliphatic rings. The normalized spacial score (nSPS) is 21.9. The van der Waals surface area contributed by atoms with E-state index in [0.29, 0.717) is 31.2 Å². The predicted octanol–water partition coefficient (Wildman–Crippen LogP) is 0.563. The maximum Gasteiger partial charge on any atom is 0.220 e. The summed E-state index contributed by atoms with van der Waals surface area (Å²) in [5, 5.41) is 6.16. The minimum absolute atomic E-state index is 0.0339. The van der Waals surface area contributed by atoms with E-state index >= 15 is 0 Å². The van der Waals surface area contributed by atoms with Crippen LogP contribution in [-0.4, -0.2) is 46.0 Å². The number of sulfone groups is 1. The fraction of sp³-hybridized carbons (Fsp3) is 0.923. The van der Waals surface area contributed by atoms with Crippen LogP contribution >= 0.6 is 0 Å². The van der Waals surface area contributed by atoms with E-state index in [1.165, 1.54) is 19.1 Å². The minimum Gasteiger partial charge on any atom is -0.356 e. The summed E-state index contributed by atoms with van der Waals surface area (Å²) in [5.74, 6) is 1.12. The van der Waals surface area contributed by atoms with Crippen molar-refractivity contribution in [3.8, 4) is 0 Å². The third-order valence-corrected chi connectivity index (χ3v) is 4.69. The summed E-state index contributed by atoms with van der Waals surface area (Å²) < 4.78 is 21.9. The topological polar surface area (TPSA) is 75.3 Å². The first kappa shape index (κ1) is 16.4. The Morgan fingerprint density at radius 2 is 2.21 bits per heavy atom. The number of carbonyl (C=O) groups excluding carboxylic acids is 1. The van der Waals surface area contributed by atoms with Crippen molar-refractivity contribution in [3.63, 3.8) is 0 Å². The van der Waals surface area contributed by atoms with E-state index in [4.69, 9.17) is 0 Å². The zero-order chi connectivity index (χ0) is 14.3. The molecule has 1 saturated heterocycles. The smallest absolute Gasteiger partial charge is 0.220 e. The second kappa shape index (κ2) is 7.85. The van der Waals surface area contributed by atoms with Crippen LogP contribution in [0.2, 0.25) is 0 Å². The molecule has 0 bridgehead atoms. The number of carbonyl (C=O) groups is 1. The van der Waals surface area contributed by atoms with Crippen LogP contribution < -0.4 is 10.6 Å². The molecule has 0 spiro atoms. The van der Waals surface area contributed by atoms with Gasteiger partial charge in [0, 0.05) is 19.2 Å². The Hall–Kier alpha value is -0.620. The SMILES string of the molecule is CC(CC(=O)NCCCS(C)(=O)=O)C1CCCNC1. The summed E-state index contributed by atoms with van der Waals surface area (Å²) >= 11 is 0. The molecule has 2 N–H and O–H groups in total. The lowest BCUT2D eigenvalue weighted by Crippen LogP contribution is -2.35. The first-order chi connectivity index (χ1) is 8.88. The molecule has 1 heterocycles. The van der Waals surface area contributed by atoms with Crippen molar-refractivity contribution in [2.24, 2.45) is 11.8 Å². The van der Waals surface area contributed by atoms with Gasteiger partial charge in [-0.1, -0.05) is 6.92 Å². The van der Waals surface area contributed by atoms with Gasteiger partial charge in [-0.3, -0.25) is 4.79 Å². The largest absolute Gasteiger partial charge is 0.356 e. The number of hydrogen-bond acceptors (Lipinski definition) is 4. The second-order valence-corrected chi connectivity index (χ2v) is 7.88. The zero-order valence-corrected chi connectivity index (χ0v) is 12.8. The van der Waals surface area contributed by atoms with Crippen molar-refractivity contribution in [1.29, 1.82) is 0 Å². The third-order valence-electron chi connectivity index (χ3n) is 3.66. The summed E-state index contributed by atoms with van der Waals surface area (Å²) in [7, 11) is -2.92. The van der Waals surface area contributed by atoms with E-state index in [1.54, 1.807) is 0 Å². The van der Waals surface area contributed by atoms with Gasteiger partial charge in [-0.05, 0) is 44.2 Å². The number of hydrogen-bond donors (Lipinski definition) is 2. The van der Waals surface area contributed by atoms with Gasteiger partial charge >= 0.3 is 0 Å². The quantitative estimate of drug-likeness (QED) is 0.672. The standard InChI is InChI=1S/C13H26N2O3S/c1-11(12-5-3-6-14-10-12)9-13(16)15-7-4-8-19(2,17)18/h11-12,14H,3-10H2,1-2H3,(H,15,16). The maximum absolute atomic E-state index is 11.7. The molecule has 0 aromatic carbocycles. The summed E-state index contributed by atoms with van der Waals surface area (Å²) in [6.45, 7) is 4.65. The van der Waals surface area contributed by atoms with Gasteiger partial charge in [0.2, 0.25) is 5.91 Å². The van der Waals surface area contributed by atoms with Gasteiger partial charge in [0.25, 0.3) is 0 Å². The fourth-order valence-electron chi connectivity index (χ4n) is 2.46. The van der Waals surface area contributed by atoms with Crippen LogP contribution in [0.15, 0.2) is 0 Å². The summed E-state index contributed by atoms with van der Waals surface area (Å²) in [6.07, 6.45) is 4.61. The zero-order valence-electron chi connectivity index (χ0n) is 11.9. The molecular weight excluding hydrogens is 264 g/mol. The molecular formula is C13H26N2O3S. The van der Waals surface area contributed by atoms with Crippen LogP contribution in [0.3, 0.4) is 0 Å². The van der Waals surface area contributed by atoms with Crippen molar-refractivity contribution in [2.75, 3.05) is 31.6 Å². The first-order valence-electron chi connectivity index (χ1n) is 7.03. The molecule has 1 amide bonds. The predicted molar refractivity (Wildman–Crippen MR) is 76.7 cm³/mol. The minimum atomic E-state index is -2.92. The molecule has 19 heavy (non-hydrogen) atoms. The van der Waals surface area contributed by atoms with Crippen LogP contribution in [0.25, 0.3) is 0 Å². The molecule has 0 aliphatic carbocycles. The van der Waals surface area contributed by atoms with E-state index in [-0.39, 0.29) is 11.7 Å². The van der Waals surface area contributed by atoms with Crippen molar-refractivity contribution < 1.29 is 13.2 Å². The summed E-state index contributed by atoms with van der Waals surface area (Å²) in [6, 6.07) is 0. The van der Waals surface area contributed by atoms with Crippen molar-refractivity contribution in [3.05, 3.63) is 0 Å². The van der Waals surface area contributed by atoms with Crippen LogP contribution in [-0.2, 0) is 14.6 Å². The van der Waals surface area contributed by atoms with Crippen LogP contribution in [0, 0.1) is 11.8 Å². The lowest BCUT2D eigenvalue weighted by molar-refractivity contribution is -0.122. The number of piperidine rings is 1. The third kappa shape index (κ3) is 7.52. The lowest BCUT2D eigenvalue weighted by Gasteiger charge is -2.28. The van der Waals surface area contributed by atoms with E-state index in [9.17, 15) is 13.2 Å². The lowest BCUT2D eigenvalue weighted by atomic mass is 9.85. The molecule has 112 valence electrons. The van der Waals surface area contributed by atoms with Crippen molar-refractivity contribution in [1.82, 2.24) is 10.6 Å². The van der Waals surface area contributed by atoms with Gasteiger partial charge in [0.05, 0.1) is 5.75 Å². The highest BCUT2D eigenvalue weighted by Gasteiger charge is 2.21. The van der Waals surface area contributed by atoms with Gasteiger partial charge in [-0.25, -0.2) is 8.42 Å². The van der Waals surface area contributed by atoms with Gasteiger partial charge in [-0.2, -0.15) is 0 Å². The number of nitrogens with one attached hydrogen (secondary N) is 2. The van der Waals surface area contributed by atoms with Gasteiger partial charge in [0.1, 0.15) is 9.84 Å². The first-order valence-corrected chi connectivity index (χ1v) is 9.09. The van der Waals surface area contributed by atoms with Gasteiger partial charge < -0.3 is 10.6 Å². The number of rotatable bonds is 7. The molecule has 0 aromatic heterocycles. The molecule has 0 radical (unpaired) electrons. The van der Waals surface area contributed by atoms with E-state index in [1.807, 2.05) is 0 Å². The summed E-state index contributed by atoms with van der Waals surface area (Å²) in [5.41, 5.74) is 0. The Morgan fingerprint density at radius 1 is 1.47 bits per heavy atom. The molecule has 2 atom stereocenters. The highest BCUT2D eigenvalue weighted by Crippen LogP contribution is 2.22. The molecule has 2 unspecified atom stereocenters. The van der Waals surface area contributed by atoms with Crippen LogP contribution in [0.4, 0.5) is 0 Å².